The van der Waals surface area contributed by atoms with Crippen LogP contribution in [0.2, 0.25) is 0 Å². The first kappa shape index (κ1) is 11.2. The van der Waals surface area contributed by atoms with Crippen LogP contribution < -0.4 is 0 Å². The number of hydrogen-bond acceptors (Lipinski definition) is 3. The van der Waals surface area contributed by atoms with Crippen molar-refractivity contribution in [3.63, 3.8) is 0 Å². The molecule has 0 aliphatic carbocycles. The zero-order valence-corrected chi connectivity index (χ0v) is 10.3. The highest BCUT2D eigenvalue weighted by Crippen LogP contribution is 2.24. The highest BCUT2D eigenvalue weighted by molar-refractivity contribution is 7.92. The molecule has 0 atom stereocenters. The molecule has 0 fully saturated rings. The van der Waals surface area contributed by atoms with Gasteiger partial charge >= 0.3 is 0 Å². The third kappa shape index (κ3) is 1.96. The lowest BCUT2D eigenvalue weighted by Gasteiger charge is -2.01. The molecule has 16 heavy (non-hydrogen) atoms. The molecule has 2 aromatic rings. The van der Waals surface area contributed by atoms with Crippen molar-refractivity contribution in [1.82, 2.24) is 3.97 Å². The van der Waals surface area contributed by atoms with Gasteiger partial charge in [-0.05, 0) is 37.3 Å². The van der Waals surface area contributed by atoms with Crippen molar-refractivity contribution in [1.29, 1.82) is 0 Å². The van der Waals surface area contributed by atoms with E-state index in [2.05, 4.69) is 0 Å². The first-order valence-corrected chi connectivity index (χ1v) is 7.01. The van der Waals surface area contributed by atoms with Crippen LogP contribution in [0.4, 0.5) is 0 Å². The van der Waals surface area contributed by atoms with Crippen LogP contribution in [-0.4, -0.2) is 12.4 Å². The molecule has 0 saturated carbocycles. The molecule has 0 N–H and O–H groups in total. The topological polar surface area (TPSA) is 39.1 Å². The van der Waals surface area contributed by atoms with Crippen molar-refractivity contribution < 1.29 is 8.42 Å². The van der Waals surface area contributed by atoms with Gasteiger partial charge in [-0.15, -0.1) is 11.3 Å². The maximum atomic E-state index is 12.1. The lowest BCUT2D eigenvalue weighted by atomic mass is 10.4. The van der Waals surface area contributed by atoms with Gasteiger partial charge in [0.2, 0.25) is 0 Å². The third-order valence-electron chi connectivity index (χ3n) is 2.04. The third-order valence-corrected chi connectivity index (χ3v) is 5.21. The summed E-state index contributed by atoms with van der Waals surface area (Å²) in [5, 5.41) is 0. The Morgan fingerprint density at radius 2 is 1.94 bits per heavy atom. The fourth-order valence-corrected chi connectivity index (χ4v) is 3.90. The Balaban J connectivity index is 2.44. The zero-order chi connectivity index (χ0) is 11.6. The van der Waals surface area contributed by atoms with Gasteiger partial charge in [-0.25, -0.2) is 3.97 Å². The lowest BCUT2D eigenvalue weighted by molar-refractivity contribution is 0.589. The van der Waals surface area contributed by atoms with Crippen molar-refractivity contribution in [2.75, 3.05) is 0 Å². The molecule has 0 aromatic carbocycles. The molecule has 2 heterocycles. The molecular formula is C11H11NO2S2. The lowest BCUT2D eigenvalue weighted by Crippen LogP contribution is -2.08. The summed E-state index contributed by atoms with van der Waals surface area (Å²) in [6.45, 7) is 1.90. The minimum atomic E-state index is -3.39. The Bertz CT molecular complexity index is 592. The summed E-state index contributed by atoms with van der Waals surface area (Å²) in [6.07, 6.45) is 6.84. The van der Waals surface area contributed by atoms with E-state index >= 15 is 0 Å². The second-order valence-corrected chi connectivity index (χ2v) is 6.36. The zero-order valence-electron chi connectivity index (χ0n) is 8.70. The van der Waals surface area contributed by atoms with Gasteiger partial charge < -0.3 is 0 Å². The second kappa shape index (κ2) is 4.27. The molecule has 2 aromatic heterocycles. The average molecular weight is 253 g/mol. The van der Waals surface area contributed by atoms with Crippen LogP contribution in [0.25, 0.3) is 6.08 Å². The smallest absolute Gasteiger partial charge is 0.248 e. The fourth-order valence-electron chi connectivity index (χ4n) is 1.31. The second-order valence-electron chi connectivity index (χ2n) is 3.17. The Hall–Kier alpha value is -1.33. The summed E-state index contributed by atoms with van der Waals surface area (Å²) >= 11 is 1.27. The summed E-state index contributed by atoms with van der Waals surface area (Å²) in [5.41, 5.74) is 0. The molecule has 0 radical (unpaired) electrons. The van der Waals surface area contributed by atoms with Crippen molar-refractivity contribution in [3.05, 3.63) is 47.6 Å². The largest absolute Gasteiger partial charge is 0.277 e. The highest BCUT2D eigenvalue weighted by atomic mass is 32.2. The minimum absolute atomic E-state index is 0.358. The monoisotopic (exact) mass is 253 g/mol. The fraction of sp³-hybridized carbons (Fsp3) is 0.0909. The molecule has 0 aliphatic heterocycles. The van der Waals surface area contributed by atoms with Crippen molar-refractivity contribution >= 4 is 27.4 Å². The summed E-state index contributed by atoms with van der Waals surface area (Å²) in [4.78, 5) is 0.938. The summed E-state index contributed by atoms with van der Waals surface area (Å²) in [7, 11) is -3.39. The maximum Gasteiger partial charge on any atom is 0.277 e. The maximum absolute atomic E-state index is 12.1. The molecule has 0 bridgehead atoms. The van der Waals surface area contributed by atoms with Crippen molar-refractivity contribution in [2.24, 2.45) is 0 Å². The van der Waals surface area contributed by atoms with E-state index in [0.717, 1.165) is 4.88 Å². The van der Waals surface area contributed by atoms with E-state index in [0.29, 0.717) is 4.21 Å². The van der Waals surface area contributed by atoms with Gasteiger partial charge in [-0.1, -0.05) is 6.08 Å². The first-order chi connectivity index (χ1) is 7.64. The molecule has 2 rings (SSSR count). The molecule has 3 nitrogen and oxygen atoms in total. The first-order valence-electron chi connectivity index (χ1n) is 4.75. The van der Waals surface area contributed by atoms with Crippen molar-refractivity contribution in [2.45, 2.75) is 11.1 Å². The van der Waals surface area contributed by atoms with E-state index < -0.39 is 10.0 Å². The number of thiophene rings is 1. The molecule has 0 aliphatic rings. The van der Waals surface area contributed by atoms with Crippen LogP contribution >= 0.6 is 11.3 Å². The van der Waals surface area contributed by atoms with Gasteiger partial charge in [0, 0.05) is 17.3 Å². The number of aromatic nitrogens is 1. The molecule has 0 saturated heterocycles. The van der Waals surface area contributed by atoms with Crippen LogP contribution in [0, 0.1) is 0 Å². The predicted octanol–water partition coefficient (Wildman–Crippen LogP) is 2.82. The number of nitrogens with zero attached hydrogens (tertiary/aromatic N) is 1. The molecular weight excluding hydrogens is 242 g/mol. The number of rotatable bonds is 3. The van der Waals surface area contributed by atoms with Crippen LogP contribution in [0.15, 0.2) is 46.9 Å². The number of hydrogen-bond donors (Lipinski definition) is 0. The molecule has 0 spiro atoms. The summed E-state index contributed by atoms with van der Waals surface area (Å²) < 4.78 is 25.7. The molecule has 5 heteroatoms. The van der Waals surface area contributed by atoms with E-state index in [1.165, 1.54) is 27.7 Å². The van der Waals surface area contributed by atoms with Gasteiger partial charge in [0.05, 0.1) is 0 Å². The summed E-state index contributed by atoms with van der Waals surface area (Å²) in [6, 6.07) is 6.83. The Morgan fingerprint density at radius 3 is 2.56 bits per heavy atom. The van der Waals surface area contributed by atoms with Gasteiger partial charge in [-0.2, -0.15) is 8.42 Å². The Labute approximate surface area is 98.7 Å². The van der Waals surface area contributed by atoms with Crippen molar-refractivity contribution in [3.8, 4) is 0 Å². The standard InChI is InChI=1S/C11H11NO2S2/c1-2-5-10-6-7-11(15-10)16(13,14)12-8-3-4-9-12/h2-9H,1H3/b5-2+. The predicted molar refractivity (Wildman–Crippen MR) is 66.0 cm³/mol. The molecule has 84 valence electrons. The van der Waals surface area contributed by atoms with Crippen LogP contribution in [0.5, 0.6) is 0 Å². The van der Waals surface area contributed by atoms with E-state index in [9.17, 15) is 8.42 Å². The van der Waals surface area contributed by atoms with Crippen LogP contribution in [0.3, 0.4) is 0 Å². The highest BCUT2D eigenvalue weighted by Gasteiger charge is 2.17. The van der Waals surface area contributed by atoms with Crippen LogP contribution in [-0.2, 0) is 10.0 Å². The van der Waals surface area contributed by atoms with Gasteiger partial charge in [0.1, 0.15) is 4.21 Å². The molecule has 0 amide bonds. The van der Waals surface area contributed by atoms with E-state index in [1.807, 2.05) is 19.1 Å². The summed E-state index contributed by atoms with van der Waals surface area (Å²) in [5.74, 6) is 0. The quantitative estimate of drug-likeness (QED) is 0.843. The van der Waals surface area contributed by atoms with Gasteiger partial charge in [0.25, 0.3) is 10.0 Å². The van der Waals surface area contributed by atoms with E-state index in [-0.39, 0.29) is 0 Å². The average Bonchev–Trinajstić information content (AvgIpc) is 2.88. The van der Waals surface area contributed by atoms with Gasteiger partial charge in [-0.3, -0.25) is 0 Å². The van der Waals surface area contributed by atoms with E-state index in [1.54, 1.807) is 24.3 Å². The SMILES string of the molecule is C/C=C/c1ccc(S(=O)(=O)n2cccc2)s1. The van der Waals surface area contributed by atoms with E-state index in [4.69, 9.17) is 0 Å². The Kier molecular flexibility index (Phi) is 2.98. The number of allylic oxidation sites excluding steroid dienone is 1. The molecule has 0 unspecified atom stereocenters. The van der Waals surface area contributed by atoms with Gasteiger partial charge in [0.15, 0.2) is 0 Å². The Morgan fingerprint density at radius 1 is 1.25 bits per heavy atom. The normalized spacial score (nSPS) is 12.3. The minimum Gasteiger partial charge on any atom is -0.248 e. The van der Waals surface area contributed by atoms with Crippen LogP contribution in [0.1, 0.15) is 11.8 Å².